The van der Waals surface area contributed by atoms with Crippen molar-refractivity contribution in [2.45, 2.75) is 19.9 Å². The zero-order valence-electron chi connectivity index (χ0n) is 20.1. The second kappa shape index (κ2) is 10.4. The van der Waals surface area contributed by atoms with Gasteiger partial charge >= 0.3 is 5.69 Å². The summed E-state index contributed by atoms with van der Waals surface area (Å²) >= 11 is 0. The number of carbonyl (C=O) groups is 1. The fourth-order valence-electron chi connectivity index (χ4n) is 4.19. The van der Waals surface area contributed by atoms with E-state index in [4.69, 9.17) is 4.84 Å². The highest BCUT2D eigenvalue weighted by molar-refractivity contribution is 5.93. The Bertz CT molecular complexity index is 1520. The summed E-state index contributed by atoms with van der Waals surface area (Å²) in [6.45, 7) is 13.3. The van der Waals surface area contributed by atoms with Crippen LogP contribution in [0.2, 0.25) is 0 Å². The zero-order chi connectivity index (χ0) is 25.8. The molecule has 4 aromatic rings. The van der Waals surface area contributed by atoms with Crippen LogP contribution >= 0.6 is 0 Å². The number of aromatic hydroxyl groups is 1. The molecule has 2 heterocycles. The van der Waals surface area contributed by atoms with Gasteiger partial charge in [0.1, 0.15) is 0 Å². The molecule has 2 N–H and O–H groups in total. The number of imidazole rings is 1. The van der Waals surface area contributed by atoms with Crippen LogP contribution in [-0.2, 0) is 17.8 Å². The van der Waals surface area contributed by atoms with Crippen molar-refractivity contribution in [3.05, 3.63) is 114 Å². The van der Waals surface area contributed by atoms with Crippen LogP contribution in [0.25, 0.3) is 22.3 Å². The number of rotatable bonds is 10. The molecule has 0 amide bonds. The lowest BCUT2D eigenvalue weighted by Gasteiger charge is -2.10. The number of aromatic nitrogens is 3. The number of fused-ring (bicyclic) bond motifs is 1. The molecule has 184 valence electrons. The van der Waals surface area contributed by atoms with Crippen LogP contribution in [0.5, 0.6) is 5.88 Å². The molecule has 8 heteroatoms. The molecular formula is C28H28N4O4. The Morgan fingerprint density at radius 1 is 1.11 bits per heavy atom. The number of nitrogens with one attached hydrogen (secondary N) is 1. The molecule has 36 heavy (non-hydrogen) atoms. The van der Waals surface area contributed by atoms with Crippen molar-refractivity contribution >= 4 is 22.5 Å². The van der Waals surface area contributed by atoms with Gasteiger partial charge in [0.2, 0.25) is 11.8 Å². The molecule has 0 saturated carbocycles. The number of benzene rings is 2. The largest absolute Gasteiger partial charge is 0.493 e. The average Bonchev–Trinajstić information content (AvgIpc) is 3.35. The quantitative estimate of drug-likeness (QED) is 0.198. The molecule has 0 aliphatic heterocycles. The van der Waals surface area contributed by atoms with Gasteiger partial charge in [-0.25, -0.2) is 9.36 Å². The van der Waals surface area contributed by atoms with Crippen molar-refractivity contribution in [3.63, 3.8) is 0 Å². The predicted molar refractivity (Wildman–Crippen MR) is 141 cm³/mol. The average molecular weight is 485 g/mol. The Morgan fingerprint density at radius 3 is 2.50 bits per heavy atom. The molecule has 0 radical (unpaired) electrons. The second-order valence-corrected chi connectivity index (χ2v) is 8.25. The van der Waals surface area contributed by atoms with Crippen molar-refractivity contribution in [2.24, 2.45) is 0 Å². The molecule has 0 atom stereocenters. The first-order valence-corrected chi connectivity index (χ1v) is 11.4. The smallest absolute Gasteiger partial charge is 0.336 e. The van der Waals surface area contributed by atoms with Gasteiger partial charge in [-0.2, -0.15) is 0 Å². The number of carbonyl (C=O) groups excluding carboxylic acids is 1. The normalized spacial score (nSPS) is 10.9. The van der Waals surface area contributed by atoms with Gasteiger partial charge in [0.05, 0.1) is 29.2 Å². The summed E-state index contributed by atoms with van der Waals surface area (Å²) < 4.78 is 4.32. The Hall–Kier alpha value is -4.56. The number of hydroxylamine groups is 1. The molecular weight excluding hydrogens is 456 g/mol. The summed E-state index contributed by atoms with van der Waals surface area (Å²) in [4.78, 5) is 30.7. The van der Waals surface area contributed by atoms with Gasteiger partial charge in [0.15, 0.2) is 0 Å². The van der Waals surface area contributed by atoms with Crippen LogP contribution in [0.3, 0.4) is 0 Å². The minimum Gasteiger partial charge on any atom is -0.493 e. The highest BCUT2D eigenvalue weighted by Gasteiger charge is 2.22. The van der Waals surface area contributed by atoms with E-state index in [1.54, 1.807) is 47.2 Å². The van der Waals surface area contributed by atoms with Crippen LogP contribution in [0.15, 0.2) is 91.4 Å². The molecule has 0 aliphatic carbocycles. The topological polar surface area (TPSA) is 90.4 Å². The fourth-order valence-corrected chi connectivity index (χ4v) is 4.19. The highest BCUT2D eigenvalue weighted by atomic mass is 16.6. The van der Waals surface area contributed by atoms with Gasteiger partial charge in [-0.3, -0.25) is 24.2 Å². The van der Waals surface area contributed by atoms with Crippen LogP contribution in [0.1, 0.15) is 28.5 Å². The van der Waals surface area contributed by atoms with Crippen molar-refractivity contribution in [1.29, 1.82) is 0 Å². The van der Waals surface area contributed by atoms with E-state index in [-0.39, 0.29) is 24.8 Å². The third-order valence-electron chi connectivity index (χ3n) is 5.89. The maximum atomic E-state index is 13.4. The first kappa shape index (κ1) is 24.6. The molecule has 2 aromatic carbocycles. The summed E-state index contributed by atoms with van der Waals surface area (Å²) in [7, 11) is 0. The van der Waals surface area contributed by atoms with Crippen LogP contribution in [0, 0.1) is 0 Å². The first-order valence-electron chi connectivity index (χ1n) is 11.4. The Kier molecular flexibility index (Phi) is 7.07. The molecule has 0 aliphatic rings. The van der Waals surface area contributed by atoms with E-state index in [0.29, 0.717) is 23.7 Å². The predicted octanol–water partition coefficient (Wildman–Crippen LogP) is 4.41. The van der Waals surface area contributed by atoms with E-state index in [9.17, 15) is 14.7 Å². The van der Waals surface area contributed by atoms with Gasteiger partial charge in [0.25, 0.3) is 0 Å². The monoisotopic (exact) mass is 484 g/mol. The minimum atomic E-state index is -0.392. The molecule has 0 saturated heterocycles. The Morgan fingerprint density at radius 2 is 1.83 bits per heavy atom. The van der Waals surface area contributed by atoms with Gasteiger partial charge in [-0.05, 0) is 29.3 Å². The molecule has 2 aromatic heterocycles. The third-order valence-corrected chi connectivity index (χ3v) is 5.89. The number of hydrogen-bond acceptors (Lipinski definition) is 5. The van der Waals surface area contributed by atoms with E-state index >= 15 is 0 Å². The number of para-hydroxylation sites is 1. The van der Waals surface area contributed by atoms with Crippen LogP contribution in [0.4, 0.5) is 0 Å². The summed E-state index contributed by atoms with van der Waals surface area (Å²) in [5, 5.41) is 12.1. The van der Waals surface area contributed by atoms with Gasteiger partial charge in [-0.15, -0.1) is 13.2 Å². The standard InChI is InChI=1S/C28H28N4O4/c1-5-15-30-26(17-22-18-31(20(4)33)25-10-8-7-9-24(22)25)27(34)32(28(30)35)23-13-11-21(12-14-23)19(3)29-36-16-6-2/h5-14,18,29,34H,1-3,15-17H2,4H3. The highest BCUT2D eigenvalue weighted by Crippen LogP contribution is 2.28. The summed E-state index contributed by atoms with van der Waals surface area (Å²) in [5.41, 5.74) is 6.18. The maximum absolute atomic E-state index is 13.4. The van der Waals surface area contributed by atoms with Gasteiger partial charge in [-0.1, -0.05) is 49.1 Å². The third kappa shape index (κ3) is 4.54. The molecule has 0 fully saturated rings. The van der Waals surface area contributed by atoms with E-state index in [1.807, 2.05) is 24.3 Å². The number of hydrogen-bond donors (Lipinski definition) is 2. The number of nitrogens with zero attached hydrogens (tertiary/aromatic N) is 3. The fraction of sp³-hybridized carbons (Fsp3) is 0.143. The van der Waals surface area contributed by atoms with Crippen LogP contribution < -0.4 is 11.2 Å². The lowest BCUT2D eigenvalue weighted by Crippen LogP contribution is -2.23. The van der Waals surface area contributed by atoms with E-state index in [2.05, 4.69) is 25.2 Å². The van der Waals surface area contributed by atoms with Crippen LogP contribution in [-0.4, -0.2) is 31.3 Å². The van der Waals surface area contributed by atoms with Crippen molar-refractivity contribution < 1.29 is 14.7 Å². The molecule has 0 bridgehead atoms. The Balaban J connectivity index is 1.74. The minimum absolute atomic E-state index is 0.117. The lowest BCUT2D eigenvalue weighted by atomic mass is 10.1. The Labute approximate surface area is 208 Å². The molecule has 4 rings (SSSR count). The zero-order valence-corrected chi connectivity index (χ0v) is 20.1. The summed E-state index contributed by atoms with van der Waals surface area (Å²) in [5.74, 6) is -0.283. The second-order valence-electron chi connectivity index (χ2n) is 8.25. The van der Waals surface area contributed by atoms with Crippen molar-refractivity contribution in [1.82, 2.24) is 19.2 Å². The molecule has 8 nitrogen and oxygen atoms in total. The van der Waals surface area contributed by atoms with E-state index < -0.39 is 5.69 Å². The number of allylic oxidation sites excluding steroid dienone is 1. The molecule has 0 spiro atoms. The van der Waals surface area contributed by atoms with E-state index in [1.165, 1.54) is 16.1 Å². The van der Waals surface area contributed by atoms with Crippen molar-refractivity contribution in [2.75, 3.05) is 6.61 Å². The summed E-state index contributed by atoms with van der Waals surface area (Å²) in [6, 6.07) is 14.6. The van der Waals surface area contributed by atoms with Crippen molar-refractivity contribution in [3.8, 4) is 11.6 Å². The van der Waals surface area contributed by atoms with Gasteiger partial charge in [0, 0.05) is 31.5 Å². The lowest BCUT2D eigenvalue weighted by molar-refractivity contribution is 0.0941. The van der Waals surface area contributed by atoms with E-state index in [0.717, 1.165) is 22.0 Å². The maximum Gasteiger partial charge on any atom is 0.336 e. The summed E-state index contributed by atoms with van der Waals surface area (Å²) in [6.07, 6.45) is 5.23. The SMILES string of the molecule is C=CCONC(=C)c1ccc(-n2c(O)c(Cc3cn(C(C)=O)c4ccccc34)n(CC=C)c2=O)cc1. The molecule has 0 unspecified atom stereocenters. The first-order chi connectivity index (χ1) is 17.4. The van der Waals surface area contributed by atoms with Gasteiger partial charge < -0.3 is 5.11 Å².